The molecule has 0 spiro atoms. The van der Waals surface area contributed by atoms with Crippen LogP contribution in [-0.4, -0.2) is 54.2 Å². The Morgan fingerprint density at radius 3 is 2.59 bits per heavy atom. The Labute approximate surface area is 188 Å². The maximum absolute atomic E-state index is 9.20. The molecular weight excluding hydrogens is 423 g/mol. The zero-order valence-corrected chi connectivity index (χ0v) is 19.1. The molecule has 4 rings (SSSR count). The summed E-state index contributed by atoms with van der Waals surface area (Å²) in [7, 11) is 0. The number of aliphatic hydroxyl groups is 1. The highest BCUT2D eigenvalue weighted by atomic mass is 35.5. The lowest BCUT2D eigenvalue weighted by molar-refractivity contribution is 0.139. The van der Waals surface area contributed by atoms with Crippen LogP contribution in [0.25, 0.3) is 0 Å². The van der Waals surface area contributed by atoms with Crippen LogP contribution in [0, 0.1) is 11.8 Å². The Morgan fingerprint density at radius 1 is 1.07 bits per heavy atom. The summed E-state index contributed by atoms with van der Waals surface area (Å²) in [6, 6.07) is 8.14. The summed E-state index contributed by atoms with van der Waals surface area (Å²) < 4.78 is 0. The second-order valence-corrected chi connectivity index (χ2v) is 10.2. The molecule has 0 bridgehead atoms. The van der Waals surface area contributed by atoms with Gasteiger partial charge in [-0.25, -0.2) is 0 Å². The van der Waals surface area contributed by atoms with Crippen LogP contribution in [0.2, 0.25) is 10.0 Å². The second-order valence-electron chi connectivity index (χ2n) is 8.61. The summed E-state index contributed by atoms with van der Waals surface area (Å²) in [4.78, 5) is 5.21. The van der Waals surface area contributed by atoms with Gasteiger partial charge >= 0.3 is 0 Å². The van der Waals surface area contributed by atoms with Gasteiger partial charge in [0.1, 0.15) is 0 Å². The zero-order valence-electron chi connectivity index (χ0n) is 16.8. The number of rotatable bonds is 7. The normalized spacial score (nSPS) is 24.4. The third kappa shape index (κ3) is 5.55. The van der Waals surface area contributed by atoms with Gasteiger partial charge in [-0.15, -0.1) is 0 Å². The Kier molecular flexibility index (Phi) is 7.54. The first-order chi connectivity index (χ1) is 14.1. The van der Waals surface area contributed by atoms with Gasteiger partial charge in [-0.05, 0) is 84.3 Å². The summed E-state index contributed by atoms with van der Waals surface area (Å²) in [6.45, 7) is 6.90. The monoisotopic (exact) mass is 452 g/mol. The van der Waals surface area contributed by atoms with E-state index < -0.39 is 0 Å². The van der Waals surface area contributed by atoms with E-state index in [-0.39, 0.29) is 0 Å². The summed E-state index contributed by atoms with van der Waals surface area (Å²) in [5.74, 6) is 1.93. The van der Waals surface area contributed by atoms with Gasteiger partial charge in [-0.3, -0.25) is 4.90 Å². The standard InChI is InChI=1S/C23H30Cl2N2OS/c24-21-2-1-18(23(25)11-21)12-27-14-20(22(15-27)19-6-10-29-16-19)13-26-7-3-17(4-8-26)5-9-28/h1-2,6,10-11,16-17,20,22,28H,3-5,7-9,12-15H2/t20-,22+/m0/s1. The Morgan fingerprint density at radius 2 is 1.90 bits per heavy atom. The van der Waals surface area contributed by atoms with Gasteiger partial charge in [-0.1, -0.05) is 29.3 Å². The maximum atomic E-state index is 9.20. The van der Waals surface area contributed by atoms with Crippen molar-refractivity contribution in [3.05, 3.63) is 56.2 Å². The number of thiophene rings is 1. The highest BCUT2D eigenvalue weighted by Gasteiger charge is 2.35. The van der Waals surface area contributed by atoms with Crippen molar-refractivity contribution >= 4 is 34.5 Å². The van der Waals surface area contributed by atoms with Crippen LogP contribution in [0.3, 0.4) is 0 Å². The average molecular weight is 453 g/mol. The molecule has 1 aromatic heterocycles. The highest BCUT2D eigenvalue weighted by molar-refractivity contribution is 7.08. The molecule has 0 unspecified atom stereocenters. The van der Waals surface area contributed by atoms with Crippen molar-refractivity contribution in [3.8, 4) is 0 Å². The van der Waals surface area contributed by atoms with E-state index in [9.17, 15) is 5.11 Å². The van der Waals surface area contributed by atoms with Crippen LogP contribution >= 0.6 is 34.5 Å². The summed E-state index contributed by atoms with van der Waals surface area (Å²) >= 11 is 14.3. The van der Waals surface area contributed by atoms with Crippen molar-refractivity contribution in [2.24, 2.45) is 11.8 Å². The molecule has 6 heteroatoms. The van der Waals surface area contributed by atoms with Crippen LogP contribution in [0.1, 0.15) is 36.3 Å². The smallest absolute Gasteiger partial charge is 0.0465 e. The minimum Gasteiger partial charge on any atom is -0.396 e. The first-order valence-corrected chi connectivity index (χ1v) is 12.3. The van der Waals surface area contributed by atoms with Crippen LogP contribution in [-0.2, 0) is 6.54 Å². The maximum Gasteiger partial charge on any atom is 0.0465 e. The van der Waals surface area contributed by atoms with E-state index >= 15 is 0 Å². The SMILES string of the molecule is OCCC1CCN(C[C@H]2CN(Cc3ccc(Cl)cc3Cl)C[C@@H]2c2ccsc2)CC1. The number of piperidine rings is 1. The summed E-state index contributed by atoms with van der Waals surface area (Å²) in [5, 5.41) is 15.2. The molecule has 2 aliphatic heterocycles. The minimum absolute atomic E-state index is 0.329. The quantitative estimate of drug-likeness (QED) is 0.611. The first kappa shape index (κ1) is 21.6. The summed E-state index contributed by atoms with van der Waals surface area (Å²) in [6.07, 6.45) is 3.41. The topological polar surface area (TPSA) is 26.7 Å². The van der Waals surface area contributed by atoms with Crippen LogP contribution in [0.5, 0.6) is 0 Å². The van der Waals surface area contributed by atoms with Crippen LogP contribution in [0.15, 0.2) is 35.0 Å². The molecule has 2 aromatic rings. The Hall–Kier alpha value is -0.620. The number of likely N-dealkylation sites (tertiary alicyclic amines) is 2. The lowest BCUT2D eigenvalue weighted by Gasteiger charge is -2.34. The van der Waals surface area contributed by atoms with E-state index in [2.05, 4.69) is 32.7 Å². The van der Waals surface area contributed by atoms with Gasteiger partial charge < -0.3 is 10.0 Å². The van der Waals surface area contributed by atoms with E-state index in [1.54, 1.807) is 11.3 Å². The van der Waals surface area contributed by atoms with Gasteiger partial charge in [0.05, 0.1) is 0 Å². The van der Waals surface area contributed by atoms with E-state index in [0.717, 1.165) is 43.2 Å². The Balaban J connectivity index is 1.41. The van der Waals surface area contributed by atoms with E-state index in [0.29, 0.717) is 29.4 Å². The molecule has 0 radical (unpaired) electrons. The molecule has 3 nitrogen and oxygen atoms in total. The number of hydrogen-bond acceptors (Lipinski definition) is 4. The lowest BCUT2D eigenvalue weighted by Crippen LogP contribution is -2.38. The summed E-state index contributed by atoms with van der Waals surface area (Å²) in [5.41, 5.74) is 2.64. The van der Waals surface area contributed by atoms with Crippen molar-refractivity contribution < 1.29 is 5.11 Å². The molecule has 1 N–H and O–H groups in total. The number of benzene rings is 1. The molecule has 3 heterocycles. The minimum atomic E-state index is 0.329. The van der Waals surface area contributed by atoms with Gasteiger partial charge in [0, 0.05) is 48.7 Å². The molecule has 0 amide bonds. The number of hydrogen-bond donors (Lipinski definition) is 1. The van der Waals surface area contributed by atoms with Crippen LogP contribution < -0.4 is 0 Å². The number of aliphatic hydroxyl groups excluding tert-OH is 1. The van der Waals surface area contributed by atoms with E-state index in [1.165, 1.54) is 31.5 Å². The third-order valence-corrected chi connectivity index (χ3v) is 7.92. The Bertz CT molecular complexity index is 777. The molecular formula is C23H30Cl2N2OS. The predicted molar refractivity (Wildman–Crippen MR) is 123 cm³/mol. The average Bonchev–Trinajstić information content (AvgIpc) is 3.36. The molecule has 158 valence electrons. The first-order valence-electron chi connectivity index (χ1n) is 10.6. The molecule has 29 heavy (non-hydrogen) atoms. The molecule has 0 saturated carbocycles. The molecule has 2 saturated heterocycles. The van der Waals surface area contributed by atoms with Crippen molar-refractivity contribution in [1.29, 1.82) is 0 Å². The molecule has 2 atom stereocenters. The molecule has 2 aliphatic rings. The van der Waals surface area contributed by atoms with Gasteiger partial charge in [0.2, 0.25) is 0 Å². The highest BCUT2D eigenvalue weighted by Crippen LogP contribution is 2.36. The number of halogens is 2. The molecule has 0 aliphatic carbocycles. The van der Waals surface area contributed by atoms with Gasteiger partial charge in [0.15, 0.2) is 0 Å². The fourth-order valence-electron chi connectivity index (χ4n) is 5.00. The lowest BCUT2D eigenvalue weighted by atomic mass is 9.88. The van der Waals surface area contributed by atoms with E-state index in [1.807, 2.05) is 12.1 Å². The van der Waals surface area contributed by atoms with Gasteiger partial charge in [0.25, 0.3) is 0 Å². The van der Waals surface area contributed by atoms with Crippen molar-refractivity contribution in [2.45, 2.75) is 31.7 Å². The fraction of sp³-hybridized carbons (Fsp3) is 0.565. The largest absolute Gasteiger partial charge is 0.396 e. The third-order valence-electron chi connectivity index (χ3n) is 6.63. The van der Waals surface area contributed by atoms with Crippen molar-refractivity contribution in [3.63, 3.8) is 0 Å². The van der Waals surface area contributed by atoms with Crippen LogP contribution in [0.4, 0.5) is 0 Å². The molecule has 1 aromatic carbocycles. The zero-order chi connectivity index (χ0) is 20.2. The van der Waals surface area contributed by atoms with Gasteiger partial charge in [-0.2, -0.15) is 11.3 Å². The predicted octanol–water partition coefficient (Wildman–Crippen LogP) is 5.36. The number of nitrogens with zero attached hydrogens (tertiary/aromatic N) is 2. The second kappa shape index (κ2) is 10.1. The van der Waals surface area contributed by atoms with E-state index in [4.69, 9.17) is 23.2 Å². The molecule has 2 fully saturated rings. The van der Waals surface area contributed by atoms with Crippen molar-refractivity contribution in [2.75, 3.05) is 39.3 Å². The fourth-order valence-corrected chi connectivity index (χ4v) is 6.19. The van der Waals surface area contributed by atoms with Crippen molar-refractivity contribution in [1.82, 2.24) is 9.80 Å².